The molecule has 2 amide bonds. The predicted molar refractivity (Wildman–Crippen MR) is 160 cm³/mol. The molecule has 1 heterocycles. The van der Waals surface area contributed by atoms with Crippen molar-refractivity contribution in [2.24, 2.45) is 4.99 Å². The summed E-state index contributed by atoms with van der Waals surface area (Å²) >= 11 is 0. The molecule has 0 saturated carbocycles. The number of hydrogen-bond acceptors (Lipinski definition) is 6. The van der Waals surface area contributed by atoms with Crippen LogP contribution >= 0.6 is 0 Å². The van der Waals surface area contributed by atoms with E-state index in [4.69, 9.17) is 9.47 Å². The van der Waals surface area contributed by atoms with Crippen molar-refractivity contribution in [1.29, 1.82) is 0 Å². The second-order valence-corrected chi connectivity index (χ2v) is 11.2. The first-order chi connectivity index (χ1) is 19.5. The van der Waals surface area contributed by atoms with E-state index < -0.39 is 28.2 Å². The lowest BCUT2D eigenvalue weighted by atomic mass is 10.0. The van der Waals surface area contributed by atoms with Crippen molar-refractivity contribution in [3.8, 4) is 5.75 Å². The zero-order chi connectivity index (χ0) is 30.0. The lowest BCUT2D eigenvalue weighted by Crippen LogP contribution is -2.52. The van der Waals surface area contributed by atoms with Gasteiger partial charge in [0.1, 0.15) is 17.6 Å². The Morgan fingerprint density at radius 1 is 0.927 bits per heavy atom. The van der Waals surface area contributed by atoms with E-state index in [1.807, 2.05) is 12.1 Å². The van der Waals surface area contributed by atoms with Crippen LogP contribution in [-0.4, -0.2) is 53.2 Å². The molecule has 3 rings (SSSR count). The number of ether oxygens (including phenoxy) is 2. The monoisotopic (exact) mass is 564 g/mol. The maximum Gasteiger partial charge on any atom is 0.529 e. The number of esters is 1. The molecule has 220 valence electrons. The molecule has 2 aromatic rings. The Hall–Kier alpha value is -3.98. The molecular weight excluding hydrogens is 522 g/mol. The van der Waals surface area contributed by atoms with Gasteiger partial charge in [-0.2, -0.15) is 4.79 Å². The molecule has 0 saturated heterocycles. The van der Waals surface area contributed by atoms with Crippen LogP contribution in [0.25, 0.3) is 0 Å². The maximum absolute atomic E-state index is 12.7. The molecule has 0 bridgehead atoms. The van der Waals surface area contributed by atoms with Crippen LogP contribution in [0.5, 0.6) is 5.75 Å². The van der Waals surface area contributed by atoms with Gasteiger partial charge in [0.2, 0.25) is 5.84 Å². The summed E-state index contributed by atoms with van der Waals surface area (Å²) in [6.45, 7) is 7.77. The highest BCUT2D eigenvalue weighted by Gasteiger charge is 2.46. The third kappa shape index (κ3) is 8.50. The molecule has 0 radical (unpaired) electrons. The minimum absolute atomic E-state index is 0.209. The number of hydrogen-bond donors (Lipinski definition) is 1. The molecule has 9 heteroatoms. The number of amides is 2. The van der Waals surface area contributed by atoms with Crippen LogP contribution in [-0.2, 0) is 11.2 Å². The Labute approximate surface area is 242 Å². The van der Waals surface area contributed by atoms with Crippen LogP contribution in [0, 0.1) is 0 Å². The smallest absolute Gasteiger partial charge is 0.444 e. The van der Waals surface area contributed by atoms with E-state index >= 15 is 0 Å². The summed E-state index contributed by atoms with van der Waals surface area (Å²) < 4.78 is 10.3. The minimum Gasteiger partial charge on any atom is -0.444 e. The summed E-state index contributed by atoms with van der Waals surface area (Å²) in [5, 5.41) is 10.2. The van der Waals surface area contributed by atoms with Gasteiger partial charge in [-0.1, -0.05) is 44.7 Å². The zero-order valence-corrected chi connectivity index (χ0v) is 24.8. The fraction of sp³-hybridized carbons (Fsp3) is 0.438. The second kappa shape index (κ2) is 14.1. The summed E-state index contributed by atoms with van der Waals surface area (Å²) in [6, 6.07) is 13.8. The first-order valence-electron chi connectivity index (χ1n) is 14.2. The largest absolute Gasteiger partial charge is 0.529 e. The van der Waals surface area contributed by atoms with Gasteiger partial charge in [-0.05, 0) is 63.4 Å². The Bertz CT molecular complexity index is 1260. The lowest BCUT2D eigenvalue weighted by molar-refractivity contribution is 0.0302. The van der Waals surface area contributed by atoms with Crippen molar-refractivity contribution in [2.75, 3.05) is 13.6 Å². The normalized spacial score (nSPS) is 16.3. The summed E-state index contributed by atoms with van der Waals surface area (Å²) in [6.07, 6.45) is 8.55. The molecule has 1 aliphatic heterocycles. The average Bonchev–Trinajstić information content (AvgIpc) is 3.36. The van der Waals surface area contributed by atoms with E-state index in [2.05, 4.69) is 11.9 Å². The fourth-order valence-corrected chi connectivity index (χ4v) is 4.51. The molecule has 0 spiro atoms. The van der Waals surface area contributed by atoms with Crippen LogP contribution in [0.3, 0.4) is 0 Å². The van der Waals surface area contributed by atoms with Gasteiger partial charge in [0.05, 0.1) is 18.2 Å². The van der Waals surface area contributed by atoms with Crippen molar-refractivity contribution >= 4 is 29.7 Å². The number of aryl methyl sites for hydroxylation is 1. The quantitative estimate of drug-likeness (QED) is 0.124. The number of carbonyl (C=O) groups excluding carboxylic acids is 2. The van der Waals surface area contributed by atoms with Crippen LogP contribution in [0.2, 0.25) is 0 Å². The first-order valence-corrected chi connectivity index (χ1v) is 14.2. The molecule has 41 heavy (non-hydrogen) atoms. The van der Waals surface area contributed by atoms with Crippen molar-refractivity contribution in [3.05, 3.63) is 72.1 Å². The molecule has 1 N–H and O–H groups in total. The van der Waals surface area contributed by atoms with Crippen LogP contribution in [0.1, 0.15) is 82.1 Å². The molecule has 0 aliphatic carbocycles. The molecule has 0 fully saturated rings. The SMILES string of the molecule is CCCCCCCc1ccc(C(=O)Oc2ccc([N+]3(C(=O)O)C=CN=C3CCN(C)C(=O)OC(C)(C)C)cc2)cc1. The number of carboxylic acid groups (broad SMARTS) is 1. The number of amidine groups is 1. The van der Waals surface area contributed by atoms with Crippen LogP contribution in [0.4, 0.5) is 15.3 Å². The number of carbonyl (C=O) groups is 3. The third-order valence-electron chi connectivity index (χ3n) is 6.81. The van der Waals surface area contributed by atoms with E-state index in [0.29, 0.717) is 22.8 Å². The van der Waals surface area contributed by atoms with Gasteiger partial charge in [0.25, 0.3) is 0 Å². The minimum atomic E-state index is -1.15. The number of rotatable bonds is 12. The van der Waals surface area contributed by atoms with Crippen LogP contribution in [0.15, 0.2) is 65.9 Å². The second-order valence-electron chi connectivity index (χ2n) is 11.2. The van der Waals surface area contributed by atoms with E-state index in [1.165, 1.54) is 48.5 Å². The van der Waals surface area contributed by atoms with Crippen LogP contribution < -0.4 is 9.22 Å². The number of aliphatic imine (C=N–C) groups is 1. The number of unbranched alkanes of at least 4 members (excludes halogenated alkanes) is 4. The number of quaternary nitrogens is 1. The lowest BCUT2D eigenvalue weighted by Gasteiger charge is -2.28. The van der Waals surface area contributed by atoms with E-state index in [-0.39, 0.29) is 13.0 Å². The Morgan fingerprint density at radius 2 is 1.59 bits per heavy atom. The highest BCUT2D eigenvalue weighted by atomic mass is 16.6. The highest BCUT2D eigenvalue weighted by Crippen LogP contribution is 2.32. The first kappa shape index (κ1) is 31.5. The fourth-order valence-electron chi connectivity index (χ4n) is 4.51. The molecule has 1 unspecified atom stereocenters. The highest BCUT2D eigenvalue weighted by molar-refractivity contribution is 6.11. The molecule has 9 nitrogen and oxygen atoms in total. The predicted octanol–water partition coefficient (Wildman–Crippen LogP) is 7.54. The average molecular weight is 565 g/mol. The summed E-state index contributed by atoms with van der Waals surface area (Å²) in [7, 11) is 1.60. The van der Waals surface area contributed by atoms with Crippen molar-refractivity contribution in [3.63, 3.8) is 0 Å². The van der Waals surface area contributed by atoms with Gasteiger partial charge < -0.3 is 19.5 Å². The van der Waals surface area contributed by atoms with Gasteiger partial charge in [-0.15, -0.1) is 4.48 Å². The van der Waals surface area contributed by atoms with E-state index in [9.17, 15) is 19.5 Å². The van der Waals surface area contributed by atoms with Crippen molar-refractivity contribution in [1.82, 2.24) is 9.38 Å². The molecule has 2 aromatic carbocycles. The van der Waals surface area contributed by atoms with Gasteiger partial charge in [0.15, 0.2) is 5.69 Å². The summed E-state index contributed by atoms with van der Waals surface area (Å²) in [5.74, 6) is 0.152. The molecule has 0 aromatic heterocycles. The third-order valence-corrected chi connectivity index (χ3v) is 6.81. The molecular formula is C32H42N3O6+. The van der Waals surface area contributed by atoms with E-state index in [1.54, 1.807) is 64.2 Å². The molecule has 1 aliphatic rings. The summed E-state index contributed by atoms with van der Waals surface area (Å²) in [5.41, 5.74) is 1.41. The summed E-state index contributed by atoms with van der Waals surface area (Å²) in [4.78, 5) is 43.3. The maximum atomic E-state index is 12.7. The zero-order valence-electron chi connectivity index (χ0n) is 24.8. The number of nitrogens with zero attached hydrogens (tertiary/aromatic N) is 3. The number of benzene rings is 2. The topological polar surface area (TPSA) is 106 Å². The van der Waals surface area contributed by atoms with Crippen molar-refractivity contribution in [2.45, 2.75) is 78.2 Å². The Balaban J connectivity index is 1.63. The standard InChI is InChI=1S/C32H41N3O6/c1-6-7-8-9-10-11-24-12-14-25(15-13-24)29(36)40-27-18-16-26(17-19-27)35(31(38)39)23-21-33-28(35)20-22-34(5)30(37)41-32(2,3)4/h12-19,21,23H,6-11,20,22H2,1-5H3/p+1. The van der Waals surface area contributed by atoms with Gasteiger partial charge in [-0.3, -0.25) is 0 Å². The molecule has 1 atom stereocenters. The van der Waals surface area contributed by atoms with Gasteiger partial charge in [0, 0.05) is 25.7 Å². The Kier molecular flexibility index (Phi) is 10.8. The van der Waals surface area contributed by atoms with E-state index in [0.717, 1.165) is 12.8 Å². The van der Waals surface area contributed by atoms with Gasteiger partial charge in [-0.25, -0.2) is 14.6 Å². The Morgan fingerprint density at radius 3 is 2.20 bits per heavy atom. The van der Waals surface area contributed by atoms with Gasteiger partial charge >= 0.3 is 18.2 Å². The van der Waals surface area contributed by atoms with Crippen molar-refractivity contribution < 1.29 is 29.0 Å².